The number of aromatic hydroxyl groups is 1. The average molecular weight is 442 g/mol. The third-order valence-corrected chi connectivity index (χ3v) is 5.20. The van der Waals surface area contributed by atoms with Crippen LogP contribution < -0.4 is 10.9 Å². The molecule has 0 aliphatic carbocycles. The first-order valence-electron chi connectivity index (χ1n) is 10.4. The summed E-state index contributed by atoms with van der Waals surface area (Å²) >= 11 is 4.89. The Hall–Kier alpha value is -2.97. The van der Waals surface area contributed by atoms with Gasteiger partial charge in [0.1, 0.15) is 5.56 Å². The van der Waals surface area contributed by atoms with Crippen LogP contribution in [0.5, 0.6) is 5.88 Å². The summed E-state index contributed by atoms with van der Waals surface area (Å²) in [6.07, 6.45) is 3.27. The van der Waals surface area contributed by atoms with Crippen LogP contribution in [0.4, 0.5) is 5.69 Å². The molecule has 4 N–H and O–H groups in total. The quantitative estimate of drug-likeness (QED) is 0.406. The van der Waals surface area contributed by atoms with Crippen molar-refractivity contribution in [2.24, 2.45) is 0 Å². The number of benzene rings is 1. The number of nitrogens with zero attached hydrogens (tertiary/aromatic N) is 2. The Bertz CT molecular complexity index is 1040. The van der Waals surface area contributed by atoms with Gasteiger partial charge < -0.3 is 20.3 Å². The van der Waals surface area contributed by atoms with E-state index in [9.17, 15) is 9.90 Å². The summed E-state index contributed by atoms with van der Waals surface area (Å²) in [5.74, 6) is -0.259. The second-order valence-corrected chi connectivity index (χ2v) is 7.42. The first kappa shape index (κ1) is 24.3. The van der Waals surface area contributed by atoms with Crippen molar-refractivity contribution in [1.82, 2.24) is 19.9 Å². The zero-order chi connectivity index (χ0) is 22.8. The summed E-state index contributed by atoms with van der Waals surface area (Å²) in [5, 5.41) is 13.5. The SMILES string of the molecule is CCN(CC)CC.Cc1ccc(NC(c2ccncc2)c2c(O)[nH]c(=S)[nH]c2=O)cc1. The zero-order valence-corrected chi connectivity index (χ0v) is 19.3. The lowest BCUT2D eigenvalue weighted by Gasteiger charge is -2.20. The smallest absolute Gasteiger partial charge is 0.261 e. The molecule has 0 saturated heterocycles. The molecule has 0 bridgehead atoms. The second kappa shape index (κ2) is 12.0. The highest BCUT2D eigenvalue weighted by Crippen LogP contribution is 2.28. The van der Waals surface area contributed by atoms with Crippen molar-refractivity contribution in [2.45, 2.75) is 33.7 Å². The predicted octanol–water partition coefficient (Wildman–Crippen LogP) is 4.39. The minimum atomic E-state index is -0.564. The van der Waals surface area contributed by atoms with E-state index in [1.807, 2.05) is 31.2 Å². The molecule has 0 spiro atoms. The van der Waals surface area contributed by atoms with E-state index >= 15 is 0 Å². The van der Waals surface area contributed by atoms with Gasteiger partial charge in [-0.15, -0.1) is 0 Å². The molecule has 3 rings (SSSR count). The van der Waals surface area contributed by atoms with Crippen LogP contribution in [0.2, 0.25) is 0 Å². The largest absolute Gasteiger partial charge is 0.494 e. The molecule has 1 unspecified atom stereocenters. The number of anilines is 1. The van der Waals surface area contributed by atoms with E-state index < -0.39 is 11.6 Å². The second-order valence-electron chi connectivity index (χ2n) is 7.01. The Morgan fingerprint density at radius 2 is 1.61 bits per heavy atom. The van der Waals surface area contributed by atoms with Crippen LogP contribution in [0.1, 0.15) is 43.5 Å². The highest BCUT2D eigenvalue weighted by molar-refractivity contribution is 7.71. The molecule has 0 amide bonds. The first-order valence-corrected chi connectivity index (χ1v) is 10.8. The number of aryl methyl sites for hydroxylation is 1. The van der Waals surface area contributed by atoms with E-state index in [-0.39, 0.29) is 16.2 Å². The van der Waals surface area contributed by atoms with Gasteiger partial charge in [-0.05, 0) is 68.6 Å². The molecule has 0 aliphatic rings. The van der Waals surface area contributed by atoms with Gasteiger partial charge in [0.2, 0.25) is 5.88 Å². The van der Waals surface area contributed by atoms with Gasteiger partial charge >= 0.3 is 0 Å². The van der Waals surface area contributed by atoms with Gasteiger partial charge in [0.05, 0.1) is 6.04 Å². The van der Waals surface area contributed by atoms with Gasteiger partial charge in [-0.2, -0.15) is 0 Å². The molecule has 0 aliphatic heterocycles. The number of hydrogen-bond acceptors (Lipinski definition) is 6. The van der Waals surface area contributed by atoms with Crippen molar-refractivity contribution in [2.75, 3.05) is 25.0 Å². The Kier molecular flexibility index (Phi) is 9.42. The van der Waals surface area contributed by atoms with Crippen LogP contribution in [0.15, 0.2) is 53.6 Å². The maximum Gasteiger partial charge on any atom is 0.261 e. The number of aromatic nitrogens is 3. The standard InChI is InChI=1S/C17H16N4O2S.C6H15N/c1-10-2-4-12(5-3-10)19-14(11-6-8-18-9-7-11)13-15(22)20-17(24)21-16(13)23;1-4-7(5-2)6-3/h2-9,14,19H,1H3,(H3,20,21,22,23,24);4-6H2,1-3H3. The summed E-state index contributed by atoms with van der Waals surface area (Å²) in [7, 11) is 0. The van der Waals surface area contributed by atoms with Gasteiger partial charge in [0.25, 0.3) is 5.56 Å². The van der Waals surface area contributed by atoms with Crippen molar-refractivity contribution in [3.63, 3.8) is 0 Å². The third-order valence-electron chi connectivity index (χ3n) is 4.99. The van der Waals surface area contributed by atoms with Gasteiger partial charge in [-0.3, -0.25) is 14.8 Å². The highest BCUT2D eigenvalue weighted by Gasteiger charge is 2.22. The maximum absolute atomic E-state index is 12.4. The fourth-order valence-electron chi connectivity index (χ4n) is 3.12. The minimum absolute atomic E-state index is 0.0741. The normalized spacial score (nSPS) is 11.5. The average Bonchev–Trinajstić information content (AvgIpc) is 2.76. The summed E-state index contributed by atoms with van der Waals surface area (Å²) in [4.78, 5) is 23.8. The van der Waals surface area contributed by atoms with Gasteiger partial charge in [-0.25, -0.2) is 0 Å². The lowest BCUT2D eigenvalue weighted by atomic mass is 10.0. The molecular formula is C23H31N5O2S. The number of rotatable bonds is 7. The zero-order valence-electron chi connectivity index (χ0n) is 18.5. The maximum atomic E-state index is 12.4. The van der Waals surface area contributed by atoms with Crippen LogP contribution in [0.25, 0.3) is 0 Å². The van der Waals surface area contributed by atoms with Crippen molar-refractivity contribution >= 4 is 17.9 Å². The lowest BCUT2D eigenvalue weighted by Crippen LogP contribution is -2.23. The fraction of sp³-hybridized carbons (Fsp3) is 0.348. The van der Waals surface area contributed by atoms with Crippen LogP contribution >= 0.6 is 12.2 Å². The van der Waals surface area contributed by atoms with E-state index in [4.69, 9.17) is 12.2 Å². The number of nitrogens with one attached hydrogen (secondary N) is 3. The Balaban J connectivity index is 0.000000423. The molecule has 166 valence electrons. The van der Waals surface area contributed by atoms with Gasteiger partial charge in [-0.1, -0.05) is 38.5 Å². The molecular weight excluding hydrogens is 410 g/mol. The molecule has 2 heterocycles. The number of aromatic amines is 2. The molecule has 3 aromatic rings. The van der Waals surface area contributed by atoms with Crippen LogP contribution in [0, 0.1) is 11.7 Å². The molecule has 0 saturated carbocycles. The summed E-state index contributed by atoms with van der Waals surface area (Å²) in [6, 6.07) is 10.8. The number of pyridine rings is 1. The molecule has 7 nitrogen and oxygen atoms in total. The lowest BCUT2D eigenvalue weighted by molar-refractivity contribution is 0.321. The van der Waals surface area contributed by atoms with Crippen molar-refractivity contribution in [1.29, 1.82) is 0 Å². The van der Waals surface area contributed by atoms with Gasteiger partial charge in [0.15, 0.2) is 4.77 Å². The van der Waals surface area contributed by atoms with E-state index in [0.717, 1.165) is 16.8 Å². The Labute approximate surface area is 188 Å². The third kappa shape index (κ3) is 7.04. The molecule has 31 heavy (non-hydrogen) atoms. The fourth-order valence-corrected chi connectivity index (χ4v) is 3.31. The van der Waals surface area contributed by atoms with E-state index in [1.54, 1.807) is 24.5 Å². The first-order chi connectivity index (χ1) is 14.9. The van der Waals surface area contributed by atoms with Crippen LogP contribution in [0.3, 0.4) is 0 Å². The molecule has 0 radical (unpaired) electrons. The monoisotopic (exact) mass is 441 g/mol. The summed E-state index contributed by atoms with van der Waals surface area (Å²) in [5.41, 5.74) is 2.46. The molecule has 0 fully saturated rings. The van der Waals surface area contributed by atoms with E-state index in [1.165, 1.54) is 19.6 Å². The van der Waals surface area contributed by atoms with Crippen molar-refractivity contribution in [3.05, 3.63) is 80.6 Å². The van der Waals surface area contributed by atoms with Gasteiger partial charge in [0, 0.05) is 18.1 Å². The van der Waals surface area contributed by atoms with E-state index in [0.29, 0.717) is 0 Å². The summed E-state index contributed by atoms with van der Waals surface area (Å²) < 4.78 is 0.0741. The van der Waals surface area contributed by atoms with Crippen molar-refractivity contribution in [3.8, 4) is 5.88 Å². The summed E-state index contributed by atoms with van der Waals surface area (Å²) in [6.45, 7) is 12.1. The number of H-pyrrole nitrogens is 2. The number of hydrogen-bond donors (Lipinski definition) is 4. The van der Waals surface area contributed by atoms with Crippen molar-refractivity contribution < 1.29 is 5.11 Å². The van der Waals surface area contributed by atoms with Crippen LogP contribution in [-0.4, -0.2) is 44.6 Å². The van der Waals surface area contributed by atoms with E-state index in [2.05, 4.69) is 45.9 Å². The Morgan fingerprint density at radius 3 is 2.10 bits per heavy atom. The molecule has 2 aromatic heterocycles. The highest BCUT2D eigenvalue weighted by atomic mass is 32.1. The van der Waals surface area contributed by atoms with Crippen LogP contribution in [-0.2, 0) is 0 Å². The predicted molar refractivity (Wildman–Crippen MR) is 128 cm³/mol. The topological polar surface area (TPSA) is 97.0 Å². The molecule has 1 aromatic carbocycles. The molecule has 8 heteroatoms. The minimum Gasteiger partial charge on any atom is -0.494 e. The Morgan fingerprint density at radius 1 is 1.03 bits per heavy atom. The molecule has 1 atom stereocenters.